The fourth-order valence-corrected chi connectivity index (χ4v) is 6.15. The molecule has 1 aliphatic rings. The Bertz CT molecular complexity index is 816. The molecule has 0 aliphatic carbocycles. The van der Waals surface area contributed by atoms with Crippen molar-refractivity contribution in [2.24, 2.45) is 0 Å². The molecule has 2 heterocycles. The predicted molar refractivity (Wildman–Crippen MR) is 94.8 cm³/mol. The molecule has 0 spiro atoms. The van der Waals surface area contributed by atoms with Gasteiger partial charge in [-0.15, -0.1) is 11.3 Å². The molecule has 24 heavy (non-hydrogen) atoms. The van der Waals surface area contributed by atoms with E-state index in [0.717, 1.165) is 16.9 Å². The lowest BCUT2D eigenvalue weighted by molar-refractivity contribution is 0.181. The van der Waals surface area contributed by atoms with Crippen LogP contribution in [0.4, 0.5) is 4.39 Å². The number of halogens is 3. The molecule has 9 heteroatoms. The summed E-state index contributed by atoms with van der Waals surface area (Å²) in [6.07, 6.45) is 0. The Hall–Kier alpha value is -0.700. The van der Waals surface area contributed by atoms with Gasteiger partial charge in [-0.3, -0.25) is 4.90 Å². The lowest BCUT2D eigenvalue weighted by Crippen LogP contribution is -2.48. The zero-order chi connectivity index (χ0) is 17.3. The summed E-state index contributed by atoms with van der Waals surface area (Å²) >= 11 is 12.9. The van der Waals surface area contributed by atoms with Crippen molar-refractivity contribution in [2.75, 3.05) is 26.2 Å². The van der Waals surface area contributed by atoms with Gasteiger partial charge in [-0.2, -0.15) is 4.31 Å². The highest BCUT2D eigenvalue weighted by atomic mass is 35.5. The van der Waals surface area contributed by atoms with Gasteiger partial charge in [-0.05, 0) is 23.8 Å². The first-order valence-corrected chi connectivity index (χ1v) is 10.3. The maximum Gasteiger partial charge on any atom is 0.245 e. The zero-order valence-corrected chi connectivity index (χ0v) is 15.7. The number of thiophene rings is 1. The molecule has 3 rings (SSSR count). The first kappa shape index (κ1) is 18.1. The Morgan fingerprint density at radius 3 is 2.25 bits per heavy atom. The van der Waals surface area contributed by atoms with E-state index in [2.05, 4.69) is 4.90 Å². The lowest BCUT2D eigenvalue weighted by atomic mass is 10.2. The highest BCUT2D eigenvalue weighted by Gasteiger charge is 2.31. The summed E-state index contributed by atoms with van der Waals surface area (Å²) in [6, 6.07) is 7.74. The van der Waals surface area contributed by atoms with Crippen molar-refractivity contribution >= 4 is 44.6 Å². The minimum absolute atomic E-state index is 0.0751. The van der Waals surface area contributed by atoms with Crippen LogP contribution in [0, 0.1) is 5.82 Å². The molecule has 1 fully saturated rings. The molecule has 130 valence electrons. The van der Waals surface area contributed by atoms with Gasteiger partial charge >= 0.3 is 0 Å². The van der Waals surface area contributed by atoms with E-state index in [1.807, 2.05) is 0 Å². The summed E-state index contributed by atoms with van der Waals surface area (Å²) in [5.41, 5.74) is 1.00. The second-order valence-electron chi connectivity index (χ2n) is 5.50. The van der Waals surface area contributed by atoms with Crippen LogP contribution in [-0.4, -0.2) is 43.8 Å². The summed E-state index contributed by atoms with van der Waals surface area (Å²) in [5, 5.41) is 0. The van der Waals surface area contributed by atoms with E-state index in [1.165, 1.54) is 22.5 Å². The molecule has 0 unspecified atom stereocenters. The molecular formula is C15H15Cl2FN2O2S2. The zero-order valence-electron chi connectivity index (χ0n) is 12.6. The highest BCUT2D eigenvalue weighted by Crippen LogP contribution is 2.36. The molecule has 1 saturated heterocycles. The summed E-state index contributed by atoms with van der Waals surface area (Å²) in [7, 11) is -3.62. The third-order valence-corrected chi connectivity index (χ3v) is 7.55. The van der Waals surface area contributed by atoms with Crippen LogP contribution in [-0.2, 0) is 16.6 Å². The largest absolute Gasteiger partial charge is 0.296 e. The number of nitrogens with zero attached hydrogens (tertiary/aromatic N) is 2. The van der Waals surface area contributed by atoms with E-state index in [-0.39, 0.29) is 15.0 Å². The number of rotatable bonds is 4. The molecule has 0 atom stereocenters. The van der Waals surface area contributed by atoms with Gasteiger partial charge < -0.3 is 0 Å². The van der Waals surface area contributed by atoms with Crippen molar-refractivity contribution in [3.63, 3.8) is 0 Å². The van der Waals surface area contributed by atoms with Crippen LogP contribution in [0.5, 0.6) is 0 Å². The van der Waals surface area contributed by atoms with Crippen molar-refractivity contribution in [1.29, 1.82) is 0 Å². The maximum absolute atomic E-state index is 12.9. The van der Waals surface area contributed by atoms with Crippen LogP contribution in [0.2, 0.25) is 8.67 Å². The summed E-state index contributed by atoms with van der Waals surface area (Å²) in [6.45, 7) is 2.64. The van der Waals surface area contributed by atoms with Crippen LogP contribution in [0.15, 0.2) is 35.2 Å². The Morgan fingerprint density at radius 2 is 1.71 bits per heavy atom. The molecule has 2 aromatic rings. The number of piperazine rings is 1. The molecular weight excluding hydrogens is 394 g/mol. The monoisotopic (exact) mass is 408 g/mol. The molecule has 1 aromatic heterocycles. The molecule has 0 radical (unpaired) electrons. The van der Waals surface area contributed by atoms with Gasteiger partial charge in [0.25, 0.3) is 0 Å². The quantitative estimate of drug-likeness (QED) is 0.773. The topological polar surface area (TPSA) is 40.6 Å². The minimum Gasteiger partial charge on any atom is -0.296 e. The van der Waals surface area contributed by atoms with Crippen molar-refractivity contribution in [2.45, 2.75) is 11.4 Å². The Balaban J connectivity index is 1.64. The van der Waals surface area contributed by atoms with Crippen LogP contribution in [0.3, 0.4) is 0 Å². The molecule has 1 aliphatic heterocycles. The Kier molecular flexibility index (Phi) is 5.48. The molecule has 0 bridgehead atoms. The van der Waals surface area contributed by atoms with Gasteiger partial charge in [0.1, 0.15) is 15.0 Å². The van der Waals surface area contributed by atoms with Crippen molar-refractivity contribution < 1.29 is 12.8 Å². The highest BCUT2D eigenvalue weighted by molar-refractivity contribution is 7.89. The smallest absolute Gasteiger partial charge is 0.245 e. The standard InChI is InChI=1S/C15H15Cl2FN2O2S2/c16-14-9-13(15(17)23-14)24(21,22)20-7-5-19(6-8-20)10-11-1-3-12(18)4-2-11/h1-4,9H,5-8,10H2. The number of benzene rings is 1. The van der Waals surface area contributed by atoms with Crippen molar-refractivity contribution in [3.8, 4) is 0 Å². The van der Waals surface area contributed by atoms with Crippen LogP contribution in [0.1, 0.15) is 5.56 Å². The summed E-state index contributed by atoms with van der Waals surface area (Å²) < 4.78 is 40.2. The van der Waals surface area contributed by atoms with E-state index in [0.29, 0.717) is 37.1 Å². The normalized spacial score (nSPS) is 17.3. The molecule has 1 aromatic carbocycles. The average Bonchev–Trinajstić information content (AvgIpc) is 2.89. The van der Waals surface area contributed by atoms with Crippen LogP contribution >= 0.6 is 34.5 Å². The van der Waals surface area contributed by atoms with Gasteiger partial charge in [0, 0.05) is 32.7 Å². The second-order valence-corrected chi connectivity index (χ2v) is 9.69. The predicted octanol–water partition coefficient (Wildman–Crippen LogP) is 3.70. The van der Waals surface area contributed by atoms with Gasteiger partial charge in [0.05, 0.1) is 4.34 Å². The van der Waals surface area contributed by atoms with E-state index >= 15 is 0 Å². The van der Waals surface area contributed by atoms with Gasteiger partial charge in [-0.1, -0.05) is 35.3 Å². The third-order valence-electron chi connectivity index (χ3n) is 3.89. The van der Waals surface area contributed by atoms with E-state index in [9.17, 15) is 12.8 Å². The lowest BCUT2D eigenvalue weighted by Gasteiger charge is -2.33. The van der Waals surface area contributed by atoms with Crippen molar-refractivity contribution in [3.05, 3.63) is 50.4 Å². The van der Waals surface area contributed by atoms with Gasteiger partial charge in [-0.25, -0.2) is 12.8 Å². The first-order valence-electron chi connectivity index (χ1n) is 7.28. The fourth-order valence-electron chi connectivity index (χ4n) is 2.62. The SMILES string of the molecule is O=S(=O)(c1cc(Cl)sc1Cl)N1CCN(Cc2ccc(F)cc2)CC1. The minimum atomic E-state index is -3.62. The van der Waals surface area contributed by atoms with Gasteiger partial charge in [0.2, 0.25) is 10.0 Å². The average molecular weight is 409 g/mol. The molecule has 0 saturated carbocycles. The van der Waals surface area contributed by atoms with Crippen molar-refractivity contribution in [1.82, 2.24) is 9.21 Å². The molecule has 4 nitrogen and oxygen atoms in total. The maximum atomic E-state index is 12.9. The summed E-state index contributed by atoms with van der Waals surface area (Å²) in [5.74, 6) is -0.263. The van der Waals surface area contributed by atoms with Crippen LogP contribution < -0.4 is 0 Å². The third kappa shape index (κ3) is 3.92. The number of hydrogen-bond donors (Lipinski definition) is 0. The first-order chi connectivity index (χ1) is 11.4. The molecule has 0 amide bonds. The van der Waals surface area contributed by atoms with Gasteiger partial charge in [0.15, 0.2) is 0 Å². The number of hydrogen-bond acceptors (Lipinski definition) is 4. The van der Waals surface area contributed by atoms with E-state index in [4.69, 9.17) is 23.2 Å². The Labute approximate surface area is 154 Å². The van der Waals surface area contributed by atoms with Crippen LogP contribution in [0.25, 0.3) is 0 Å². The number of sulfonamides is 1. The van der Waals surface area contributed by atoms with E-state index < -0.39 is 10.0 Å². The summed E-state index contributed by atoms with van der Waals surface area (Å²) in [4.78, 5) is 2.22. The second kappa shape index (κ2) is 7.27. The fraction of sp³-hybridized carbons (Fsp3) is 0.333. The Morgan fingerprint density at radius 1 is 1.08 bits per heavy atom. The molecule has 0 N–H and O–H groups in total. The van der Waals surface area contributed by atoms with E-state index in [1.54, 1.807) is 12.1 Å².